The molecule has 18 heavy (non-hydrogen) atoms. The lowest BCUT2D eigenvalue weighted by Gasteiger charge is -2.40. The Labute approximate surface area is 114 Å². The zero-order valence-corrected chi connectivity index (χ0v) is 11.9. The Morgan fingerprint density at radius 3 is 2.50 bits per heavy atom. The average molecular weight is 265 g/mol. The van der Waals surface area contributed by atoms with E-state index in [0.717, 1.165) is 18.8 Å². The third-order valence-corrected chi connectivity index (χ3v) is 4.71. The second kappa shape index (κ2) is 6.60. The molecule has 1 aromatic rings. The van der Waals surface area contributed by atoms with E-state index in [4.69, 9.17) is 0 Å². The topological polar surface area (TPSA) is 32.3 Å². The Balaban J connectivity index is 1.76. The number of benzene rings is 1. The van der Waals surface area contributed by atoms with Crippen LogP contribution in [0.1, 0.15) is 31.7 Å². The van der Waals surface area contributed by atoms with E-state index < -0.39 is 0 Å². The predicted molar refractivity (Wildman–Crippen MR) is 77.9 cm³/mol. The van der Waals surface area contributed by atoms with Crippen molar-refractivity contribution in [1.82, 2.24) is 5.32 Å². The number of aliphatic hydroxyl groups excluding tert-OH is 1. The quantitative estimate of drug-likeness (QED) is 0.743. The molecule has 1 saturated carbocycles. The summed E-state index contributed by atoms with van der Waals surface area (Å²) in [7, 11) is 0. The van der Waals surface area contributed by atoms with Gasteiger partial charge in [0.25, 0.3) is 0 Å². The molecule has 1 aliphatic rings. The highest BCUT2D eigenvalue weighted by Gasteiger charge is 2.35. The summed E-state index contributed by atoms with van der Waals surface area (Å²) >= 11 is 1.87. The summed E-state index contributed by atoms with van der Waals surface area (Å²) in [6, 6.07) is 8.77. The number of rotatable bonds is 7. The van der Waals surface area contributed by atoms with Gasteiger partial charge in [0.2, 0.25) is 0 Å². The van der Waals surface area contributed by atoms with Crippen LogP contribution in [0.5, 0.6) is 0 Å². The first-order valence-corrected chi connectivity index (χ1v) is 7.80. The highest BCUT2D eigenvalue weighted by molar-refractivity contribution is 7.99. The molecule has 1 fully saturated rings. The SMILES string of the molecule is CCSc1ccc(CNCC2(CO)CCC2)cc1. The van der Waals surface area contributed by atoms with Gasteiger partial charge in [-0.05, 0) is 36.3 Å². The lowest BCUT2D eigenvalue weighted by molar-refractivity contribution is 0.0445. The largest absolute Gasteiger partial charge is 0.396 e. The van der Waals surface area contributed by atoms with E-state index in [1.807, 2.05) is 11.8 Å². The molecule has 0 bridgehead atoms. The van der Waals surface area contributed by atoms with Crippen molar-refractivity contribution in [3.05, 3.63) is 29.8 Å². The van der Waals surface area contributed by atoms with Gasteiger partial charge in [0.05, 0.1) is 0 Å². The first kappa shape index (κ1) is 13.9. The van der Waals surface area contributed by atoms with Crippen LogP contribution in [0.4, 0.5) is 0 Å². The van der Waals surface area contributed by atoms with E-state index in [-0.39, 0.29) is 5.41 Å². The van der Waals surface area contributed by atoms with Gasteiger partial charge >= 0.3 is 0 Å². The van der Waals surface area contributed by atoms with Gasteiger partial charge in [0.1, 0.15) is 0 Å². The fourth-order valence-electron chi connectivity index (χ4n) is 2.41. The van der Waals surface area contributed by atoms with E-state index in [1.165, 1.54) is 29.7 Å². The second-order valence-corrected chi connectivity index (χ2v) is 6.53. The number of thioether (sulfide) groups is 1. The van der Waals surface area contributed by atoms with Crippen LogP contribution in [-0.2, 0) is 6.54 Å². The van der Waals surface area contributed by atoms with Gasteiger partial charge in [-0.3, -0.25) is 0 Å². The van der Waals surface area contributed by atoms with Crippen molar-refractivity contribution in [3.8, 4) is 0 Å². The van der Waals surface area contributed by atoms with Crippen LogP contribution < -0.4 is 5.32 Å². The Bertz CT molecular complexity index is 354. The Morgan fingerprint density at radius 2 is 2.00 bits per heavy atom. The minimum atomic E-state index is 0.179. The predicted octanol–water partition coefficient (Wildman–Crippen LogP) is 3.05. The van der Waals surface area contributed by atoms with Crippen LogP contribution in [0.15, 0.2) is 29.2 Å². The molecule has 0 radical (unpaired) electrons. The third-order valence-electron chi connectivity index (χ3n) is 3.81. The lowest BCUT2D eigenvalue weighted by Crippen LogP contribution is -2.42. The van der Waals surface area contributed by atoms with Crippen LogP contribution in [0.3, 0.4) is 0 Å². The normalized spacial score (nSPS) is 17.4. The van der Waals surface area contributed by atoms with Gasteiger partial charge in [-0.2, -0.15) is 0 Å². The molecule has 2 nitrogen and oxygen atoms in total. The molecule has 2 rings (SSSR count). The first-order chi connectivity index (χ1) is 8.78. The highest BCUT2D eigenvalue weighted by Crippen LogP contribution is 2.39. The van der Waals surface area contributed by atoms with Crippen molar-refractivity contribution in [2.75, 3.05) is 18.9 Å². The Kier molecular flexibility index (Phi) is 5.10. The second-order valence-electron chi connectivity index (χ2n) is 5.19. The molecule has 0 saturated heterocycles. The van der Waals surface area contributed by atoms with Gasteiger partial charge in [-0.25, -0.2) is 0 Å². The van der Waals surface area contributed by atoms with Crippen LogP contribution in [0.25, 0.3) is 0 Å². The number of nitrogens with one attached hydrogen (secondary N) is 1. The maximum atomic E-state index is 9.39. The molecule has 0 heterocycles. The van der Waals surface area contributed by atoms with Crippen molar-refractivity contribution >= 4 is 11.8 Å². The van der Waals surface area contributed by atoms with Gasteiger partial charge in [0.15, 0.2) is 0 Å². The molecular formula is C15H23NOS. The number of hydrogen-bond acceptors (Lipinski definition) is 3. The molecule has 1 aliphatic carbocycles. The van der Waals surface area contributed by atoms with Crippen LogP contribution in [-0.4, -0.2) is 24.0 Å². The fourth-order valence-corrected chi connectivity index (χ4v) is 3.07. The summed E-state index contributed by atoms with van der Waals surface area (Å²) in [6.07, 6.45) is 3.61. The van der Waals surface area contributed by atoms with Crippen molar-refractivity contribution in [1.29, 1.82) is 0 Å². The van der Waals surface area contributed by atoms with Gasteiger partial charge < -0.3 is 10.4 Å². The van der Waals surface area contributed by atoms with Crippen molar-refractivity contribution < 1.29 is 5.11 Å². The summed E-state index contributed by atoms with van der Waals surface area (Å²) < 4.78 is 0. The Morgan fingerprint density at radius 1 is 1.28 bits per heavy atom. The molecule has 0 amide bonds. The summed E-state index contributed by atoms with van der Waals surface area (Å²) in [5.41, 5.74) is 1.50. The zero-order chi connectivity index (χ0) is 12.8. The van der Waals surface area contributed by atoms with Crippen molar-refractivity contribution in [2.45, 2.75) is 37.6 Å². The summed E-state index contributed by atoms with van der Waals surface area (Å²) in [6.45, 7) is 4.34. The van der Waals surface area contributed by atoms with Crippen molar-refractivity contribution in [2.24, 2.45) is 5.41 Å². The van der Waals surface area contributed by atoms with Gasteiger partial charge in [-0.15, -0.1) is 11.8 Å². The maximum Gasteiger partial charge on any atom is 0.0499 e. The highest BCUT2D eigenvalue weighted by atomic mass is 32.2. The Hall–Kier alpha value is -0.510. The summed E-state index contributed by atoms with van der Waals surface area (Å²) in [4.78, 5) is 1.34. The smallest absolute Gasteiger partial charge is 0.0499 e. The van der Waals surface area contributed by atoms with Crippen LogP contribution >= 0.6 is 11.8 Å². The summed E-state index contributed by atoms with van der Waals surface area (Å²) in [5, 5.41) is 12.9. The number of hydrogen-bond donors (Lipinski definition) is 2. The van der Waals surface area contributed by atoms with E-state index >= 15 is 0 Å². The fraction of sp³-hybridized carbons (Fsp3) is 0.600. The van der Waals surface area contributed by atoms with E-state index in [1.54, 1.807) is 0 Å². The molecule has 0 unspecified atom stereocenters. The molecule has 2 N–H and O–H groups in total. The van der Waals surface area contributed by atoms with Gasteiger partial charge in [-0.1, -0.05) is 25.5 Å². The molecule has 0 spiro atoms. The van der Waals surface area contributed by atoms with Gasteiger partial charge in [0, 0.05) is 30.0 Å². The number of aliphatic hydroxyl groups is 1. The average Bonchev–Trinajstić information content (AvgIpc) is 2.35. The minimum Gasteiger partial charge on any atom is -0.396 e. The van der Waals surface area contributed by atoms with Crippen LogP contribution in [0, 0.1) is 5.41 Å². The van der Waals surface area contributed by atoms with E-state index in [0.29, 0.717) is 6.61 Å². The van der Waals surface area contributed by atoms with E-state index in [2.05, 4.69) is 36.5 Å². The maximum absolute atomic E-state index is 9.39. The molecule has 0 aliphatic heterocycles. The minimum absolute atomic E-state index is 0.179. The standard InChI is InChI=1S/C15H23NOS/c1-2-18-14-6-4-13(5-7-14)10-16-11-15(12-17)8-3-9-15/h4-7,16-17H,2-3,8-12H2,1H3. The zero-order valence-electron chi connectivity index (χ0n) is 11.1. The van der Waals surface area contributed by atoms with Crippen molar-refractivity contribution in [3.63, 3.8) is 0 Å². The molecule has 100 valence electrons. The molecular weight excluding hydrogens is 242 g/mol. The van der Waals surface area contributed by atoms with Crippen LogP contribution in [0.2, 0.25) is 0 Å². The monoisotopic (exact) mass is 265 g/mol. The molecule has 0 aromatic heterocycles. The first-order valence-electron chi connectivity index (χ1n) is 6.81. The lowest BCUT2D eigenvalue weighted by atomic mass is 9.69. The van der Waals surface area contributed by atoms with E-state index in [9.17, 15) is 5.11 Å². The summed E-state index contributed by atoms with van der Waals surface area (Å²) in [5.74, 6) is 1.12. The molecule has 1 aromatic carbocycles. The molecule has 3 heteroatoms. The molecule has 0 atom stereocenters. The third kappa shape index (κ3) is 3.50.